The SMILES string of the molecule is C=Cc1ccc(CNc2ccccn2)c(Cl)c1. The highest BCUT2D eigenvalue weighted by Crippen LogP contribution is 2.19. The van der Waals surface area contributed by atoms with Gasteiger partial charge in [-0.1, -0.05) is 42.5 Å². The molecule has 2 aromatic rings. The highest BCUT2D eigenvalue weighted by atomic mass is 35.5. The number of nitrogens with one attached hydrogen (secondary N) is 1. The molecule has 0 fully saturated rings. The lowest BCUT2D eigenvalue weighted by molar-refractivity contribution is 1.11. The quantitative estimate of drug-likeness (QED) is 0.880. The van der Waals surface area contributed by atoms with Crippen LogP contribution in [0.4, 0.5) is 5.82 Å². The summed E-state index contributed by atoms with van der Waals surface area (Å²) in [6.45, 7) is 4.37. The summed E-state index contributed by atoms with van der Waals surface area (Å²) in [6.07, 6.45) is 3.53. The molecule has 0 bridgehead atoms. The first-order chi connectivity index (χ1) is 8.29. The van der Waals surface area contributed by atoms with Crippen molar-refractivity contribution >= 4 is 23.5 Å². The minimum absolute atomic E-state index is 0.660. The zero-order chi connectivity index (χ0) is 12.1. The third-order valence-corrected chi connectivity index (χ3v) is 2.79. The molecule has 2 rings (SSSR count). The Balaban J connectivity index is 2.07. The molecule has 0 saturated heterocycles. The molecule has 0 radical (unpaired) electrons. The number of aromatic nitrogens is 1. The lowest BCUT2D eigenvalue weighted by Gasteiger charge is -2.07. The van der Waals surface area contributed by atoms with Crippen LogP contribution in [0.25, 0.3) is 6.08 Å². The first-order valence-electron chi connectivity index (χ1n) is 5.35. The molecule has 0 aliphatic rings. The first kappa shape index (κ1) is 11.7. The van der Waals surface area contributed by atoms with Gasteiger partial charge in [0.05, 0.1) is 0 Å². The van der Waals surface area contributed by atoms with E-state index in [1.807, 2.05) is 36.4 Å². The molecule has 0 amide bonds. The van der Waals surface area contributed by atoms with Gasteiger partial charge >= 0.3 is 0 Å². The number of anilines is 1. The van der Waals surface area contributed by atoms with Crippen molar-refractivity contribution in [1.29, 1.82) is 0 Å². The zero-order valence-corrected chi connectivity index (χ0v) is 10.1. The van der Waals surface area contributed by atoms with Crippen molar-refractivity contribution in [2.24, 2.45) is 0 Å². The molecule has 0 spiro atoms. The summed E-state index contributed by atoms with van der Waals surface area (Å²) in [4.78, 5) is 4.19. The number of hydrogen-bond acceptors (Lipinski definition) is 2. The van der Waals surface area contributed by atoms with Gasteiger partial charge in [0.25, 0.3) is 0 Å². The monoisotopic (exact) mass is 244 g/mol. The van der Waals surface area contributed by atoms with Crippen LogP contribution in [0.15, 0.2) is 49.2 Å². The highest BCUT2D eigenvalue weighted by molar-refractivity contribution is 6.31. The summed E-state index contributed by atoms with van der Waals surface area (Å²) < 4.78 is 0. The van der Waals surface area contributed by atoms with Crippen molar-refractivity contribution in [2.45, 2.75) is 6.54 Å². The van der Waals surface area contributed by atoms with E-state index in [0.717, 1.165) is 22.0 Å². The van der Waals surface area contributed by atoms with Crippen LogP contribution in [-0.4, -0.2) is 4.98 Å². The van der Waals surface area contributed by atoms with E-state index in [1.54, 1.807) is 12.3 Å². The van der Waals surface area contributed by atoms with Gasteiger partial charge in [0.1, 0.15) is 5.82 Å². The van der Waals surface area contributed by atoms with Crippen LogP contribution < -0.4 is 5.32 Å². The van der Waals surface area contributed by atoms with Gasteiger partial charge in [-0.2, -0.15) is 0 Å². The fourth-order valence-corrected chi connectivity index (χ4v) is 1.74. The van der Waals surface area contributed by atoms with Gasteiger partial charge in [0.2, 0.25) is 0 Å². The van der Waals surface area contributed by atoms with Gasteiger partial charge in [-0.3, -0.25) is 0 Å². The summed E-state index contributed by atoms with van der Waals surface area (Å²) in [5, 5.41) is 3.96. The Morgan fingerprint density at radius 1 is 1.29 bits per heavy atom. The molecule has 17 heavy (non-hydrogen) atoms. The molecule has 1 aromatic carbocycles. The molecular weight excluding hydrogens is 232 g/mol. The van der Waals surface area contributed by atoms with Gasteiger partial charge in [0.15, 0.2) is 0 Å². The second-order valence-corrected chi connectivity index (χ2v) is 4.03. The summed E-state index contributed by atoms with van der Waals surface area (Å²) in [6, 6.07) is 11.6. The minimum atomic E-state index is 0.660. The van der Waals surface area contributed by atoms with Gasteiger partial charge in [-0.05, 0) is 29.3 Å². The molecule has 0 atom stereocenters. The predicted molar refractivity (Wildman–Crippen MR) is 73.1 cm³/mol. The Bertz CT molecular complexity index is 509. The van der Waals surface area contributed by atoms with Crippen molar-refractivity contribution in [1.82, 2.24) is 4.98 Å². The molecule has 1 aromatic heterocycles. The maximum atomic E-state index is 6.17. The number of pyridine rings is 1. The highest BCUT2D eigenvalue weighted by Gasteiger charge is 2.00. The largest absolute Gasteiger partial charge is 0.366 e. The molecule has 1 heterocycles. The molecule has 86 valence electrons. The fraction of sp³-hybridized carbons (Fsp3) is 0.0714. The first-order valence-corrected chi connectivity index (χ1v) is 5.73. The van der Waals surface area contributed by atoms with E-state index in [2.05, 4.69) is 16.9 Å². The van der Waals surface area contributed by atoms with Crippen molar-refractivity contribution in [3.05, 3.63) is 65.3 Å². The van der Waals surface area contributed by atoms with Gasteiger partial charge in [0, 0.05) is 17.8 Å². The van der Waals surface area contributed by atoms with E-state index in [-0.39, 0.29) is 0 Å². The van der Waals surface area contributed by atoms with Crippen LogP contribution in [0.3, 0.4) is 0 Å². The average Bonchev–Trinajstić information content (AvgIpc) is 2.38. The van der Waals surface area contributed by atoms with Crippen molar-refractivity contribution in [3.63, 3.8) is 0 Å². The third kappa shape index (κ3) is 3.08. The van der Waals surface area contributed by atoms with Gasteiger partial charge in [-0.15, -0.1) is 0 Å². The maximum Gasteiger partial charge on any atom is 0.126 e. The molecule has 0 aliphatic carbocycles. The standard InChI is InChI=1S/C14H13ClN2/c1-2-11-6-7-12(13(15)9-11)10-17-14-5-3-4-8-16-14/h2-9H,1,10H2,(H,16,17). The Morgan fingerprint density at radius 2 is 2.18 bits per heavy atom. The van der Waals surface area contributed by atoms with E-state index < -0.39 is 0 Å². The third-order valence-electron chi connectivity index (χ3n) is 2.44. The topological polar surface area (TPSA) is 24.9 Å². The Hall–Kier alpha value is -1.80. The molecule has 1 N–H and O–H groups in total. The molecule has 0 unspecified atom stereocenters. The number of benzene rings is 1. The molecule has 0 saturated carbocycles. The van der Waals surface area contributed by atoms with Crippen LogP contribution >= 0.6 is 11.6 Å². The van der Waals surface area contributed by atoms with E-state index in [4.69, 9.17) is 11.6 Å². The Morgan fingerprint density at radius 3 is 2.82 bits per heavy atom. The van der Waals surface area contributed by atoms with Crippen LogP contribution in [0, 0.1) is 0 Å². The van der Waals surface area contributed by atoms with Gasteiger partial charge < -0.3 is 5.32 Å². The normalized spacial score (nSPS) is 9.94. The average molecular weight is 245 g/mol. The second-order valence-electron chi connectivity index (χ2n) is 3.62. The molecule has 2 nitrogen and oxygen atoms in total. The van der Waals surface area contributed by atoms with Crippen molar-refractivity contribution < 1.29 is 0 Å². The van der Waals surface area contributed by atoms with Crippen LogP contribution in [0.2, 0.25) is 5.02 Å². The number of halogens is 1. The zero-order valence-electron chi connectivity index (χ0n) is 9.36. The summed E-state index contributed by atoms with van der Waals surface area (Å²) in [7, 11) is 0. The van der Waals surface area contributed by atoms with Crippen molar-refractivity contribution in [2.75, 3.05) is 5.32 Å². The summed E-state index contributed by atoms with van der Waals surface area (Å²) in [5.74, 6) is 0.844. The lowest BCUT2D eigenvalue weighted by atomic mass is 10.1. The number of nitrogens with zero attached hydrogens (tertiary/aromatic N) is 1. The van der Waals surface area contributed by atoms with E-state index in [9.17, 15) is 0 Å². The Labute approximate surface area is 106 Å². The van der Waals surface area contributed by atoms with Crippen LogP contribution in [-0.2, 0) is 6.54 Å². The van der Waals surface area contributed by atoms with E-state index >= 15 is 0 Å². The molecule has 0 aliphatic heterocycles. The van der Waals surface area contributed by atoms with Crippen molar-refractivity contribution in [3.8, 4) is 0 Å². The van der Waals surface area contributed by atoms with E-state index in [1.165, 1.54) is 0 Å². The summed E-state index contributed by atoms with van der Waals surface area (Å²) in [5.41, 5.74) is 2.07. The Kier molecular flexibility index (Phi) is 3.78. The second kappa shape index (κ2) is 5.51. The lowest BCUT2D eigenvalue weighted by Crippen LogP contribution is -2.01. The van der Waals surface area contributed by atoms with Gasteiger partial charge in [-0.25, -0.2) is 4.98 Å². The van der Waals surface area contributed by atoms with E-state index in [0.29, 0.717) is 6.54 Å². The smallest absolute Gasteiger partial charge is 0.126 e. The molecular formula is C14H13ClN2. The predicted octanol–water partition coefficient (Wildman–Crippen LogP) is 3.99. The number of hydrogen-bond donors (Lipinski definition) is 1. The maximum absolute atomic E-state index is 6.17. The van der Waals surface area contributed by atoms with Crippen LogP contribution in [0.5, 0.6) is 0 Å². The summed E-state index contributed by atoms with van der Waals surface area (Å²) >= 11 is 6.17. The minimum Gasteiger partial charge on any atom is -0.366 e. The molecule has 3 heteroatoms. The van der Waals surface area contributed by atoms with Crippen LogP contribution in [0.1, 0.15) is 11.1 Å². The number of rotatable bonds is 4. The fourth-order valence-electron chi connectivity index (χ4n) is 1.49.